The Morgan fingerprint density at radius 2 is 2.25 bits per heavy atom. The molecule has 0 fully saturated rings. The lowest BCUT2D eigenvalue weighted by molar-refractivity contribution is 0.101. The van der Waals surface area contributed by atoms with Gasteiger partial charge in [0.05, 0.1) is 23.0 Å². The van der Waals surface area contributed by atoms with Gasteiger partial charge in [-0.2, -0.15) is 0 Å². The van der Waals surface area contributed by atoms with Crippen LogP contribution in [0.4, 0.5) is 5.69 Å². The number of anilines is 1. The number of halogens is 1. The van der Waals surface area contributed by atoms with E-state index in [4.69, 9.17) is 21.8 Å². The van der Waals surface area contributed by atoms with E-state index < -0.39 is 0 Å². The topological polar surface area (TPSA) is 61.2 Å². The van der Waals surface area contributed by atoms with Gasteiger partial charge in [-0.25, -0.2) is 0 Å². The van der Waals surface area contributed by atoms with Crippen LogP contribution in [0, 0.1) is 0 Å². The summed E-state index contributed by atoms with van der Waals surface area (Å²) in [6, 6.07) is 6.78. The summed E-state index contributed by atoms with van der Waals surface area (Å²) >= 11 is 6.05. The Morgan fingerprint density at radius 1 is 1.45 bits per heavy atom. The number of ketones is 1. The Bertz CT molecular complexity index is 788. The molecule has 2 aromatic heterocycles. The largest absolute Gasteiger partial charge is 0.461 e. The van der Waals surface area contributed by atoms with Crippen molar-refractivity contribution in [1.82, 2.24) is 4.57 Å². The number of rotatable bonds is 3. The first-order chi connectivity index (χ1) is 9.61. The Kier molecular flexibility index (Phi) is 3.03. The van der Waals surface area contributed by atoms with Gasteiger partial charge in [0.1, 0.15) is 0 Å². The lowest BCUT2D eigenvalue weighted by Gasteiger charge is -2.04. The van der Waals surface area contributed by atoms with Crippen LogP contribution in [0.1, 0.15) is 23.0 Å². The second kappa shape index (κ2) is 4.72. The molecule has 1 aromatic carbocycles. The van der Waals surface area contributed by atoms with Crippen LogP contribution in [0.3, 0.4) is 0 Å². The fourth-order valence-corrected chi connectivity index (χ4v) is 2.63. The molecule has 0 aliphatic rings. The summed E-state index contributed by atoms with van der Waals surface area (Å²) in [6.07, 6.45) is 3.27. The summed E-state index contributed by atoms with van der Waals surface area (Å²) < 4.78 is 7.12. The average Bonchev–Trinajstić information content (AvgIpc) is 3.04. The van der Waals surface area contributed by atoms with E-state index in [1.54, 1.807) is 30.5 Å². The van der Waals surface area contributed by atoms with Crippen molar-refractivity contribution in [3.8, 4) is 0 Å². The fourth-order valence-electron chi connectivity index (χ4n) is 2.41. The summed E-state index contributed by atoms with van der Waals surface area (Å²) in [5.41, 5.74) is 7.96. The van der Waals surface area contributed by atoms with Gasteiger partial charge in [0, 0.05) is 23.2 Å². The summed E-state index contributed by atoms with van der Waals surface area (Å²) in [5, 5.41) is 1.26. The van der Waals surface area contributed by atoms with E-state index in [9.17, 15) is 4.79 Å². The molecule has 0 amide bonds. The molecule has 0 atom stereocenters. The molecule has 0 aliphatic carbocycles. The van der Waals surface area contributed by atoms with Crippen molar-refractivity contribution < 1.29 is 9.21 Å². The zero-order chi connectivity index (χ0) is 14.3. The lowest BCUT2D eigenvalue weighted by atomic mass is 10.1. The number of carbonyl (C=O) groups excluding carboxylic acids is 1. The second-order valence-corrected chi connectivity index (χ2v) is 4.96. The first-order valence-electron chi connectivity index (χ1n) is 6.28. The number of furan rings is 1. The molecule has 0 saturated heterocycles. The lowest BCUT2D eigenvalue weighted by Crippen LogP contribution is -1.98. The smallest absolute Gasteiger partial charge is 0.230 e. The third-order valence-electron chi connectivity index (χ3n) is 3.30. The van der Waals surface area contributed by atoms with Crippen LogP contribution in [-0.4, -0.2) is 10.4 Å². The van der Waals surface area contributed by atoms with E-state index >= 15 is 0 Å². The molecule has 20 heavy (non-hydrogen) atoms. The van der Waals surface area contributed by atoms with E-state index in [0.717, 1.165) is 10.9 Å². The van der Waals surface area contributed by atoms with E-state index in [1.165, 1.54) is 6.26 Å². The maximum absolute atomic E-state index is 12.5. The fraction of sp³-hybridized carbons (Fsp3) is 0.133. The predicted molar refractivity (Wildman–Crippen MR) is 79.2 cm³/mol. The number of hydrogen-bond donors (Lipinski definition) is 1. The molecule has 102 valence electrons. The Hall–Kier alpha value is -2.20. The number of nitrogens with zero attached hydrogens (tertiary/aromatic N) is 1. The molecule has 4 nitrogen and oxygen atoms in total. The average molecular weight is 289 g/mol. The van der Waals surface area contributed by atoms with Gasteiger partial charge in [-0.05, 0) is 31.2 Å². The van der Waals surface area contributed by atoms with E-state index in [2.05, 4.69) is 0 Å². The van der Waals surface area contributed by atoms with Crippen LogP contribution in [0.15, 0.2) is 41.1 Å². The highest BCUT2D eigenvalue weighted by Gasteiger charge is 2.20. The van der Waals surface area contributed by atoms with Gasteiger partial charge in [-0.1, -0.05) is 11.6 Å². The minimum absolute atomic E-state index is 0.172. The molecule has 3 aromatic rings. The third kappa shape index (κ3) is 1.89. The van der Waals surface area contributed by atoms with Gasteiger partial charge in [-0.15, -0.1) is 0 Å². The van der Waals surface area contributed by atoms with Crippen molar-refractivity contribution in [1.29, 1.82) is 0 Å². The van der Waals surface area contributed by atoms with Gasteiger partial charge >= 0.3 is 0 Å². The van der Waals surface area contributed by atoms with Gasteiger partial charge < -0.3 is 14.7 Å². The Morgan fingerprint density at radius 3 is 2.90 bits per heavy atom. The second-order valence-electron chi connectivity index (χ2n) is 4.53. The molecule has 0 aliphatic heterocycles. The molecule has 2 heterocycles. The van der Waals surface area contributed by atoms with E-state index in [0.29, 0.717) is 28.6 Å². The molecule has 0 unspecified atom stereocenters. The highest BCUT2D eigenvalue weighted by atomic mass is 35.5. The quantitative estimate of drug-likeness (QED) is 0.590. The van der Waals surface area contributed by atoms with Crippen molar-refractivity contribution >= 4 is 34.0 Å². The summed E-state index contributed by atoms with van der Waals surface area (Å²) in [5.74, 6) is 0.132. The highest BCUT2D eigenvalue weighted by molar-refractivity contribution is 6.32. The van der Waals surface area contributed by atoms with Crippen molar-refractivity contribution in [3.63, 3.8) is 0 Å². The van der Waals surface area contributed by atoms with Crippen LogP contribution >= 0.6 is 11.6 Å². The number of nitrogen functional groups attached to an aromatic ring is 1. The number of nitrogens with two attached hydrogens (primary N) is 1. The number of benzene rings is 1. The van der Waals surface area contributed by atoms with Gasteiger partial charge in [-0.3, -0.25) is 4.79 Å². The third-order valence-corrected chi connectivity index (χ3v) is 3.51. The minimum Gasteiger partial charge on any atom is -0.461 e. The van der Waals surface area contributed by atoms with Crippen LogP contribution in [-0.2, 0) is 6.54 Å². The standard InChI is InChI=1S/C15H13ClN2O2/c1-2-18-8-11(15(19)13-4-3-5-20-13)10-6-9(16)7-12(17)14(10)18/h3-8H,2,17H2,1H3. The minimum atomic E-state index is -0.172. The zero-order valence-corrected chi connectivity index (χ0v) is 11.6. The number of carbonyl (C=O) groups is 1. The first-order valence-corrected chi connectivity index (χ1v) is 6.65. The monoisotopic (exact) mass is 288 g/mol. The van der Waals surface area contributed by atoms with E-state index in [1.807, 2.05) is 11.5 Å². The molecular weight excluding hydrogens is 276 g/mol. The maximum atomic E-state index is 12.5. The van der Waals surface area contributed by atoms with Crippen molar-refractivity contribution in [2.45, 2.75) is 13.5 Å². The Labute approximate surface area is 120 Å². The van der Waals surface area contributed by atoms with Crippen LogP contribution in [0.5, 0.6) is 0 Å². The molecule has 5 heteroatoms. The predicted octanol–water partition coefficient (Wildman–Crippen LogP) is 3.72. The van der Waals surface area contributed by atoms with Gasteiger partial charge in [0.15, 0.2) is 5.76 Å². The van der Waals surface area contributed by atoms with Crippen LogP contribution < -0.4 is 5.73 Å². The first kappa shape index (κ1) is 12.8. The maximum Gasteiger partial charge on any atom is 0.230 e. The molecule has 2 N–H and O–H groups in total. The van der Waals surface area contributed by atoms with Gasteiger partial charge in [0.2, 0.25) is 5.78 Å². The molecule has 0 radical (unpaired) electrons. The molecular formula is C15H13ClN2O2. The summed E-state index contributed by atoms with van der Waals surface area (Å²) in [7, 11) is 0. The number of aromatic nitrogens is 1. The van der Waals surface area contributed by atoms with E-state index in [-0.39, 0.29) is 5.78 Å². The van der Waals surface area contributed by atoms with Crippen molar-refractivity contribution in [2.75, 3.05) is 5.73 Å². The molecule has 0 bridgehead atoms. The van der Waals surface area contributed by atoms with Crippen molar-refractivity contribution in [3.05, 3.63) is 53.1 Å². The van der Waals surface area contributed by atoms with Crippen LogP contribution in [0.25, 0.3) is 10.9 Å². The number of fused-ring (bicyclic) bond motifs is 1. The zero-order valence-electron chi connectivity index (χ0n) is 10.9. The van der Waals surface area contributed by atoms with Crippen LogP contribution in [0.2, 0.25) is 5.02 Å². The number of hydrogen-bond acceptors (Lipinski definition) is 3. The molecule has 0 spiro atoms. The SMILES string of the molecule is CCn1cc(C(=O)c2ccco2)c2cc(Cl)cc(N)c21. The molecule has 0 saturated carbocycles. The highest BCUT2D eigenvalue weighted by Crippen LogP contribution is 2.31. The summed E-state index contributed by atoms with van der Waals surface area (Å²) in [4.78, 5) is 12.5. The van der Waals surface area contributed by atoms with Gasteiger partial charge in [0.25, 0.3) is 0 Å². The molecule has 3 rings (SSSR count). The Balaban J connectivity index is 2.29. The summed E-state index contributed by atoms with van der Waals surface area (Å²) in [6.45, 7) is 2.71. The number of aryl methyl sites for hydroxylation is 1. The normalized spacial score (nSPS) is 11.1. The van der Waals surface area contributed by atoms with Crippen molar-refractivity contribution in [2.24, 2.45) is 0 Å².